The van der Waals surface area contributed by atoms with Crippen molar-refractivity contribution in [2.75, 3.05) is 5.32 Å². The maximum absolute atomic E-state index is 13.1. The van der Waals surface area contributed by atoms with Gasteiger partial charge in [-0.15, -0.1) is 11.3 Å². The van der Waals surface area contributed by atoms with E-state index < -0.39 is 12.2 Å². The Kier molecular flexibility index (Phi) is 6.09. The largest absolute Gasteiger partial charge is 0.507 e. The summed E-state index contributed by atoms with van der Waals surface area (Å²) in [5.74, 6) is 0.487. The predicted molar refractivity (Wildman–Crippen MR) is 133 cm³/mol. The van der Waals surface area contributed by atoms with Crippen LogP contribution in [0.5, 0.6) is 17.2 Å². The first kappa shape index (κ1) is 21.5. The van der Waals surface area contributed by atoms with Gasteiger partial charge in [0, 0.05) is 11.8 Å². The van der Waals surface area contributed by atoms with Crippen molar-refractivity contribution in [3.05, 3.63) is 103 Å². The molecule has 1 heterocycles. The van der Waals surface area contributed by atoms with Gasteiger partial charge < -0.3 is 19.9 Å². The number of phenols is 1. The van der Waals surface area contributed by atoms with Gasteiger partial charge in [0.05, 0.1) is 15.8 Å². The molecule has 0 aliphatic carbocycles. The number of phenolic OH excluding ortho intramolecular Hbond substituents is 1. The van der Waals surface area contributed by atoms with Gasteiger partial charge in [0.25, 0.3) is 0 Å². The number of carbonyl (C=O) groups is 1. The van der Waals surface area contributed by atoms with E-state index in [0.717, 1.165) is 10.2 Å². The molecule has 0 unspecified atom stereocenters. The van der Waals surface area contributed by atoms with Crippen LogP contribution in [0.1, 0.15) is 0 Å². The van der Waals surface area contributed by atoms with Crippen LogP contribution in [0.15, 0.2) is 103 Å². The van der Waals surface area contributed by atoms with Crippen LogP contribution in [0.4, 0.5) is 5.69 Å². The van der Waals surface area contributed by atoms with E-state index >= 15 is 0 Å². The van der Waals surface area contributed by atoms with E-state index in [1.807, 2.05) is 60.7 Å². The van der Waals surface area contributed by atoms with Gasteiger partial charge in [-0.1, -0.05) is 48.5 Å². The van der Waals surface area contributed by atoms with E-state index in [1.54, 1.807) is 36.4 Å². The second-order valence-electron chi connectivity index (χ2n) is 7.40. The summed E-state index contributed by atoms with van der Waals surface area (Å²) in [6, 6.07) is 30.7. The number of anilines is 1. The van der Waals surface area contributed by atoms with E-state index in [2.05, 4.69) is 10.3 Å². The van der Waals surface area contributed by atoms with Crippen molar-refractivity contribution < 1.29 is 19.4 Å². The third-order valence-electron chi connectivity index (χ3n) is 4.98. The molecule has 7 heteroatoms. The summed E-state index contributed by atoms with van der Waals surface area (Å²) < 4.78 is 12.6. The van der Waals surface area contributed by atoms with E-state index in [9.17, 15) is 9.90 Å². The molecule has 34 heavy (non-hydrogen) atoms. The number of thiazole rings is 1. The zero-order chi connectivity index (χ0) is 23.3. The summed E-state index contributed by atoms with van der Waals surface area (Å²) in [5.41, 5.74) is 1.88. The number of para-hydroxylation sites is 3. The molecule has 0 bridgehead atoms. The first-order chi connectivity index (χ1) is 16.7. The minimum absolute atomic E-state index is 0.0151. The maximum atomic E-state index is 13.1. The van der Waals surface area contributed by atoms with E-state index in [-0.39, 0.29) is 5.75 Å². The van der Waals surface area contributed by atoms with Crippen LogP contribution in [0.2, 0.25) is 0 Å². The quantitative estimate of drug-likeness (QED) is 0.283. The Morgan fingerprint density at radius 2 is 1.44 bits per heavy atom. The molecule has 0 saturated carbocycles. The number of carbonyl (C=O) groups excluding carboxylic acids is 1. The Hall–Kier alpha value is -4.36. The highest BCUT2D eigenvalue weighted by molar-refractivity contribution is 7.21. The Bertz CT molecular complexity index is 1350. The fourth-order valence-corrected chi connectivity index (χ4v) is 4.35. The number of rotatable bonds is 7. The number of hydrogen-bond acceptors (Lipinski definition) is 6. The summed E-state index contributed by atoms with van der Waals surface area (Å²) in [5, 5.41) is 14.1. The van der Waals surface area contributed by atoms with Gasteiger partial charge in [0.1, 0.15) is 22.3 Å². The third-order valence-corrected chi connectivity index (χ3v) is 6.05. The van der Waals surface area contributed by atoms with Gasteiger partial charge in [0.15, 0.2) is 0 Å². The van der Waals surface area contributed by atoms with Crippen LogP contribution in [-0.2, 0) is 4.79 Å². The molecule has 168 valence electrons. The number of nitrogens with one attached hydrogen (secondary N) is 1. The average molecular weight is 469 g/mol. The smallest absolute Gasteiger partial charge is 0.321 e. The highest BCUT2D eigenvalue weighted by Crippen LogP contribution is 2.36. The van der Waals surface area contributed by atoms with Gasteiger partial charge >= 0.3 is 12.2 Å². The molecule has 5 rings (SSSR count). The molecular formula is C27H20N2O4S. The lowest BCUT2D eigenvalue weighted by Crippen LogP contribution is -2.38. The van der Waals surface area contributed by atoms with E-state index in [4.69, 9.17) is 9.47 Å². The van der Waals surface area contributed by atoms with Crippen LogP contribution in [0.3, 0.4) is 0 Å². The number of aromatic nitrogens is 1. The van der Waals surface area contributed by atoms with Gasteiger partial charge in [-0.2, -0.15) is 0 Å². The highest BCUT2D eigenvalue weighted by atomic mass is 32.1. The molecule has 0 spiro atoms. The van der Waals surface area contributed by atoms with Crippen molar-refractivity contribution in [1.82, 2.24) is 4.98 Å². The minimum Gasteiger partial charge on any atom is -0.507 e. The minimum atomic E-state index is -1.24. The molecule has 0 saturated heterocycles. The molecule has 4 aromatic carbocycles. The van der Waals surface area contributed by atoms with Crippen molar-refractivity contribution in [3.8, 4) is 27.8 Å². The number of aromatic hydroxyl groups is 1. The molecule has 0 aliphatic heterocycles. The van der Waals surface area contributed by atoms with Gasteiger partial charge in [-0.05, 0) is 48.5 Å². The molecule has 1 aromatic heterocycles. The van der Waals surface area contributed by atoms with Gasteiger partial charge in [0.2, 0.25) is 0 Å². The lowest BCUT2D eigenvalue weighted by molar-refractivity contribution is -0.134. The second kappa shape index (κ2) is 9.64. The third kappa shape index (κ3) is 4.84. The number of amides is 1. The predicted octanol–water partition coefficient (Wildman–Crippen LogP) is 6.09. The monoisotopic (exact) mass is 468 g/mol. The fourth-order valence-electron chi connectivity index (χ4n) is 3.36. The molecular weight excluding hydrogens is 448 g/mol. The fraction of sp³-hybridized carbons (Fsp3) is 0.0370. The zero-order valence-corrected chi connectivity index (χ0v) is 18.7. The van der Waals surface area contributed by atoms with Crippen LogP contribution < -0.4 is 14.8 Å². The number of nitrogens with zero attached hydrogens (tertiary/aromatic N) is 1. The van der Waals surface area contributed by atoms with Crippen LogP contribution in [0.25, 0.3) is 20.8 Å². The van der Waals surface area contributed by atoms with Crippen molar-refractivity contribution >= 4 is 33.1 Å². The number of hydrogen-bond donors (Lipinski definition) is 2. The summed E-state index contributed by atoms with van der Waals surface area (Å²) in [6.45, 7) is 0. The van der Waals surface area contributed by atoms with Gasteiger partial charge in [-0.25, -0.2) is 4.98 Å². The molecule has 6 nitrogen and oxygen atoms in total. The Morgan fingerprint density at radius 1 is 0.824 bits per heavy atom. The van der Waals surface area contributed by atoms with Crippen LogP contribution in [-0.4, -0.2) is 22.3 Å². The molecule has 1 amide bonds. The normalized spacial score (nSPS) is 10.9. The van der Waals surface area contributed by atoms with Crippen molar-refractivity contribution in [2.24, 2.45) is 0 Å². The summed E-state index contributed by atoms with van der Waals surface area (Å²) in [7, 11) is 0. The summed E-state index contributed by atoms with van der Waals surface area (Å²) in [6.07, 6.45) is -1.24. The lowest BCUT2D eigenvalue weighted by Gasteiger charge is -2.20. The SMILES string of the molecule is O=C(Nc1ccc(-c2nc3ccccc3s2)c(O)c1)C(Oc1ccccc1)Oc1ccccc1. The Balaban J connectivity index is 1.36. The van der Waals surface area contributed by atoms with Gasteiger partial charge in [-0.3, -0.25) is 4.79 Å². The molecule has 0 atom stereocenters. The Labute approximate surface area is 200 Å². The maximum Gasteiger partial charge on any atom is 0.321 e. The van der Waals surface area contributed by atoms with Crippen molar-refractivity contribution in [3.63, 3.8) is 0 Å². The van der Waals surface area contributed by atoms with Crippen LogP contribution >= 0.6 is 11.3 Å². The number of ether oxygens (including phenoxy) is 2. The highest BCUT2D eigenvalue weighted by Gasteiger charge is 2.23. The lowest BCUT2D eigenvalue weighted by atomic mass is 10.2. The number of benzene rings is 4. The number of fused-ring (bicyclic) bond motifs is 1. The molecule has 2 N–H and O–H groups in total. The topological polar surface area (TPSA) is 80.7 Å². The average Bonchev–Trinajstić information content (AvgIpc) is 3.29. The summed E-state index contributed by atoms with van der Waals surface area (Å²) in [4.78, 5) is 17.6. The van der Waals surface area contributed by atoms with E-state index in [0.29, 0.717) is 27.8 Å². The van der Waals surface area contributed by atoms with Crippen LogP contribution in [0, 0.1) is 0 Å². The molecule has 0 radical (unpaired) electrons. The first-order valence-electron chi connectivity index (χ1n) is 10.6. The van der Waals surface area contributed by atoms with E-state index in [1.165, 1.54) is 17.4 Å². The molecule has 5 aromatic rings. The second-order valence-corrected chi connectivity index (χ2v) is 8.43. The summed E-state index contributed by atoms with van der Waals surface area (Å²) >= 11 is 1.49. The zero-order valence-electron chi connectivity index (χ0n) is 17.9. The van der Waals surface area contributed by atoms with Crippen molar-refractivity contribution in [1.29, 1.82) is 0 Å². The Morgan fingerprint density at radius 3 is 2.06 bits per heavy atom. The molecule has 0 fully saturated rings. The first-order valence-corrected chi connectivity index (χ1v) is 11.4. The molecule has 0 aliphatic rings. The standard InChI is InChI=1S/C27H20N2O4S/c30-23-17-18(15-16-21(23)26-29-22-13-7-8-14-24(22)34-26)28-25(31)27(32-19-9-3-1-4-10-19)33-20-11-5-2-6-12-20/h1-17,27,30H,(H,28,31). The van der Waals surface area contributed by atoms with Crippen molar-refractivity contribution in [2.45, 2.75) is 6.29 Å².